The molecule has 11 rings (SSSR count). The number of fused-ring (bicyclic) bond motifs is 6. The van der Waals surface area contributed by atoms with E-state index in [9.17, 15) is 0 Å². The zero-order chi connectivity index (χ0) is 38.4. The molecule has 2 nitrogen and oxygen atoms in total. The fraction of sp³-hybridized carbons (Fsp3) is 0. The first-order valence-electron chi connectivity index (χ1n) is 19.9. The number of hydrogen-bond acceptors (Lipinski definition) is 1. The van der Waals surface area contributed by atoms with E-state index in [1.807, 2.05) is 0 Å². The maximum Gasteiger partial charge on any atom is 0.0541 e. The van der Waals surface area contributed by atoms with E-state index in [4.69, 9.17) is 0 Å². The summed E-state index contributed by atoms with van der Waals surface area (Å²) < 4.78 is 2.41. The molecule has 0 spiro atoms. The van der Waals surface area contributed by atoms with Crippen molar-refractivity contribution in [3.05, 3.63) is 231 Å². The minimum Gasteiger partial charge on any atom is -0.311 e. The summed E-state index contributed by atoms with van der Waals surface area (Å²) in [5, 5.41) is 7.62. The summed E-state index contributed by atoms with van der Waals surface area (Å²) in [6.45, 7) is 0. The van der Waals surface area contributed by atoms with E-state index in [2.05, 4.69) is 240 Å². The van der Waals surface area contributed by atoms with Crippen molar-refractivity contribution in [2.45, 2.75) is 0 Å². The van der Waals surface area contributed by atoms with Crippen LogP contribution < -0.4 is 4.90 Å². The highest BCUT2D eigenvalue weighted by atomic mass is 15.1. The average Bonchev–Trinajstić information content (AvgIpc) is 3.64. The van der Waals surface area contributed by atoms with Crippen LogP contribution in [-0.4, -0.2) is 4.57 Å². The highest BCUT2D eigenvalue weighted by molar-refractivity contribution is 6.14. The second kappa shape index (κ2) is 14.1. The Bertz CT molecular complexity index is 3210. The van der Waals surface area contributed by atoms with Gasteiger partial charge in [-0.25, -0.2) is 0 Å². The molecule has 0 amide bonds. The van der Waals surface area contributed by atoms with Gasteiger partial charge < -0.3 is 9.47 Å². The van der Waals surface area contributed by atoms with Crippen molar-refractivity contribution in [1.29, 1.82) is 0 Å². The Balaban J connectivity index is 0.950. The van der Waals surface area contributed by atoms with Crippen molar-refractivity contribution in [3.63, 3.8) is 0 Å². The van der Waals surface area contributed by atoms with Gasteiger partial charge in [0, 0.05) is 33.4 Å². The predicted octanol–water partition coefficient (Wildman–Crippen LogP) is 15.6. The van der Waals surface area contributed by atoms with Crippen molar-refractivity contribution in [2.24, 2.45) is 0 Å². The third kappa shape index (κ3) is 5.74. The zero-order valence-electron chi connectivity index (χ0n) is 31.8. The van der Waals surface area contributed by atoms with Gasteiger partial charge in [-0.05, 0) is 116 Å². The minimum atomic E-state index is 1.10. The monoisotopic (exact) mass is 738 g/mol. The Morgan fingerprint density at radius 1 is 0.276 bits per heavy atom. The van der Waals surface area contributed by atoms with E-state index >= 15 is 0 Å². The number of nitrogens with zero attached hydrogens (tertiary/aromatic N) is 2. The Kier molecular flexibility index (Phi) is 8.19. The first kappa shape index (κ1) is 33.6. The van der Waals surface area contributed by atoms with Crippen molar-refractivity contribution in [1.82, 2.24) is 4.57 Å². The molecular formula is C56H38N2. The van der Waals surface area contributed by atoms with Gasteiger partial charge in [0.15, 0.2) is 0 Å². The summed E-state index contributed by atoms with van der Waals surface area (Å²) in [5.41, 5.74) is 14.1. The lowest BCUT2D eigenvalue weighted by Crippen LogP contribution is -2.09. The van der Waals surface area contributed by atoms with E-state index in [-0.39, 0.29) is 0 Å². The van der Waals surface area contributed by atoms with Crippen molar-refractivity contribution in [2.75, 3.05) is 4.90 Å². The van der Waals surface area contributed by atoms with Gasteiger partial charge in [-0.2, -0.15) is 0 Å². The molecule has 0 saturated carbocycles. The molecule has 0 fully saturated rings. The van der Waals surface area contributed by atoms with Crippen LogP contribution in [0.4, 0.5) is 17.1 Å². The molecule has 0 bridgehead atoms. The molecule has 0 aliphatic rings. The molecule has 1 aromatic heterocycles. The maximum atomic E-state index is 2.41. The second-order valence-corrected chi connectivity index (χ2v) is 14.9. The molecule has 10 aromatic carbocycles. The smallest absolute Gasteiger partial charge is 0.0541 e. The van der Waals surface area contributed by atoms with E-state index in [1.54, 1.807) is 0 Å². The summed E-state index contributed by atoms with van der Waals surface area (Å²) in [6.07, 6.45) is 0. The molecule has 0 aliphatic carbocycles. The summed E-state index contributed by atoms with van der Waals surface area (Å²) >= 11 is 0. The number of rotatable bonds is 7. The second-order valence-electron chi connectivity index (χ2n) is 14.9. The van der Waals surface area contributed by atoms with Crippen LogP contribution in [0.15, 0.2) is 231 Å². The summed E-state index contributed by atoms with van der Waals surface area (Å²) in [6, 6.07) is 83.5. The van der Waals surface area contributed by atoms with Gasteiger partial charge in [0.05, 0.1) is 16.7 Å². The third-order valence-electron chi connectivity index (χ3n) is 11.6. The van der Waals surface area contributed by atoms with Gasteiger partial charge in [0.2, 0.25) is 0 Å². The molecule has 0 unspecified atom stereocenters. The van der Waals surface area contributed by atoms with E-state index in [1.165, 1.54) is 82.4 Å². The minimum absolute atomic E-state index is 1.10. The Morgan fingerprint density at radius 2 is 0.793 bits per heavy atom. The Labute approximate surface area is 338 Å². The molecule has 0 saturated heterocycles. The Hall–Kier alpha value is -7.68. The molecule has 1 heterocycles. The Morgan fingerprint density at radius 3 is 1.50 bits per heavy atom. The topological polar surface area (TPSA) is 8.17 Å². The third-order valence-corrected chi connectivity index (χ3v) is 11.6. The highest BCUT2D eigenvalue weighted by Crippen LogP contribution is 2.41. The number of hydrogen-bond donors (Lipinski definition) is 0. The highest BCUT2D eigenvalue weighted by Gasteiger charge is 2.17. The molecule has 2 heteroatoms. The average molecular weight is 739 g/mol. The van der Waals surface area contributed by atoms with Crippen LogP contribution in [0.1, 0.15) is 0 Å². The van der Waals surface area contributed by atoms with Crippen molar-refractivity contribution in [3.8, 4) is 39.1 Å². The summed E-state index contributed by atoms with van der Waals surface area (Å²) in [5.74, 6) is 0. The van der Waals surface area contributed by atoms with Gasteiger partial charge in [0.1, 0.15) is 0 Å². The number of anilines is 3. The van der Waals surface area contributed by atoms with Crippen molar-refractivity contribution >= 4 is 60.4 Å². The first-order valence-corrected chi connectivity index (χ1v) is 19.9. The molecule has 0 N–H and O–H groups in total. The van der Waals surface area contributed by atoms with Crippen LogP contribution in [0.25, 0.3) is 82.4 Å². The maximum absolute atomic E-state index is 2.41. The summed E-state index contributed by atoms with van der Waals surface area (Å²) in [4.78, 5) is 2.34. The lowest BCUT2D eigenvalue weighted by Gasteiger charge is -2.26. The lowest BCUT2D eigenvalue weighted by molar-refractivity contribution is 1.18. The molecular weight excluding hydrogens is 701 g/mol. The fourth-order valence-corrected chi connectivity index (χ4v) is 8.87. The van der Waals surface area contributed by atoms with E-state index in [0.29, 0.717) is 0 Å². The molecule has 11 aromatic rings. The number of benzene rings is 10. The largest absolute Gasteiger partial charge is 0.311 e. The lowest BCUT2D eigenvalue weighted by atomic mass is 9.93. The number of aromatic nitrogens is 1. The van der Waals surface area contributed by atoms with Crippen LogP contribution in [0.5, 0.6) is 0 Å². The van der Waals surface area contributed by atoms with Gasteiger partial charge in [-0.3, -0.25) is 0 Å². The standard InChI is InChI=1S/C56H38N2/c1-2-18-44(19-3-1)57(46-35-31-40(32-36-46)53-38-43-15-4-5-20-47(43)49-22-6-7-23-50(49)53)45-33-29-39(30-34-45)41-16-14-17-42(37-41)48-21-8-11-26-54(48)58-55-27-12-9-24-51(55)52-25-10-13-28-56(52)58/h1-38H. The van der Waals surface area contributed by atoms with Crippen molar-refractivity contribution < 1.29 is 0 Å². The van der Waals surface area contributed by atoms with Gasteiger partial charge in [-0.15, -0.1) is 0 Å². The van der Waals surface area contributed by atoms with Gasteiger partial charge in [0.25, 0.3) is 0 Å². The van der Waals surface area contributed by atoms with Crippen LogP contribution in [0, 0.1) is 0 Å². The number of para-hydroxylation sites is 4. The zero-order valence-corrected chi connectivity index (χ0v) is 31.8. The van der Waals surface area contributed by atoms with E-state index < -0.39 is 0 Å². The van der Waals surface area contributed by atoms with Crippen LogP contribution in [0.3, 0.4) is 0 Å². The van der Waals surface area contributed by atoms with Gasteiger partial charge >= 0.3 is 0 Å². The summed E-state index contributed by atoms with van der Waals surface area (Å²) in [7, 11) is 0. The van der Waals surface area contributed by atoms with Crippen LogP contribution in [-0.2, 0) is 0 Å². The predicted molar refractivity (Wildman–Crippen MR) is 247 cm³/mol. The SMILES string of the molecule is c1ccc(N(c2ccc(-c3cccc(-c4ccccc4-n4c5ccccc5c5ccccc54)c3)cc2)c2ccc(-c3cc4ccccc4c4ccccc34)cc2)cc1. The van der Waals surface area contributed by atoms with E-state index in [0.717, 1.165) is 17.1 Å². The fourth-order valence-electron chi connectivity index (χ4n) is 8.87. The molecule has 0 aliphatic heterocycles. The molecule has 0 atom stereocenters. The van der Waals surface area contributed by atoms with Gasteiger partial charge in [-0.1, -0.05) is 164 Å². The molecule has 272 valence electrons. The van der Waals surface area contributed by atoms with Crippen LogP contribution >= 0.6 is 0 Å². The normalized spacial score (nSPS) is 11.4. The molecule has 0 radical (unpaired) electrons. The molecule has 58 heavy (non-hydrogen) atoms. The van der Waals surface area contributed by atoms with Crippen LogP contribution in [0.2, 0.25) is 0 Å². The quantitative estimate of drug-likeness (QED) is 0.148. The first-order chi connectivity index (χ1) is 28.8.